The van der Waals surface area contributed by atoms with E-state index in [1.807, 2.05) is 32.6 Å². The van der Waals surface area contributed by atoms with Crippen molar-refractivity contribution in [2.75, 3.05) is 58.3 Å². The van der Waals surface area contributed by atoms with Crippen LogP contribution in [0.25, 0.3) is 32.9 Å². The van der Waals surface area contributed by atoms with E-state index in [-0.39, 0.29) is 66.1 Å². The number of aryl methyl sites for hydroxylation is 1. The van der Waals surface area contributed by atoms with Crippen LogP contribution < -0.4 is 19.1 Å². The Morgan fingerprint density at radius 1 is 1.00 bits per heavy atom. The lowest BCUT2D eigenvalue weighted by Gasteiger charge is -2.46. The minimum Gasteiger partial charge on any atom is -0.475 e. The predicted molar refractivity (Wildman–Crippen MR) is 210 cm³/mol. The lowest BCUT2D eigenvalue weighted by Crippen LogP contribution is -2.63. The van der Waals surface area contributed by atoms with E-state index in [2.05, 4.69) is 9.80 Å². The molecule has 5 atom stereocenters. The molecule has 1 amide bonds. The Bertz CT molecular complexity index is 2300. The summed E-state index contributed by atoms with van der Waals surface area (Å²) in [6.45, 7) is 11.0. The first-order valence-corrected chi connectivity index (χ1v) is 20.6. The summed E-state index contributed by atoms with van der Waals surface area (Å²) in [5.74, 6) is -0.102. The molecule has 7 heterocycles. The molecule has 0 N–H and O–H groups in total. The SMILES string of the molecule is CCc1c(F)ccc2cc(OCOC)cc(-c3nc4c5c(nc(OCC6(CN7CC8CC7CO8)CC6)nc5c3F)N3CC5CCC(C3CO4)N5C(=O)OC(C)(C)C)c12. The van der Waals surface area contributed by atoms with E-state index in [9.17, 15) is 4.79 Å². The first-order chi connectivity index (χ1) is 27.9. The molecular weight excluding hydrogens is 751 g/mol. The number of nitrogens with zero attached hydrogens (tertiary/aromatic N) is 6. The predicted octanol–water partition coefficient (Wildman–Crippen LogP) is 6.65. The van der Waals surface area contributed by atoms with Gasteiger partial charge in [0.2, 0.25) is 5.88 Å². The number of amides is 1. The summed E-state index contributed by atoms with van der Waals surface area (Å²) in [4.78, 5) is 34.9. The number of methoxy groups -OCH3 is 1. The first-order valence-electron chi connectivity index (χ1n) is 20.6. The number of ether oxygens (including phenoxy) is 6. The maximum atomic E-state index is 17.7. The Morgan fingerprint density at radius 3 is 2.57 bits per heavy atom. The molecule has 1 saturated carbocycles. The fraction of sp³-hybridized carbons (Fsp3) is 0.581. The maximum absolute atomic E-state index is 17.7. The number of aromatic nitrogens is 3. The number of hydrogen-bond acceptors (Lipinski definition) is 12. The van der Waals surface area contributed by atoms with Gasteiger partial charge in [0, 0.05) is 43.8 Å². The molecule has 0 spiro atoms. The molecule has 15 heteroatoms. The normalized spacial score (nSPS) is 25.5. The zero-order valence-electron chi connectivity index (χ0n) is 33.7. The molecule has 58 heavy (non-hydrogen) atoms. The molecule has 1 aliphatic carbocycles. The molecule has 308 valence electrons. The minimum absolute atomic E-state index is 0.00719. The van der Waals surface area contributed by atoms with E-state index >= 15 is 8.78 Å². The van der Waals surface area contributed by atoms with E-state index in [1.165, 1.54) is 13.2 Å². The van der Waals surface area contributed by atoms with Gasteiger partial charge in [-0.3, -0.25) is 9.80 Å². The molecule has 13 nitrogen and oxygen atoms in total. The molecule has 4 saturated heterocycles. The van der Waals surface area contributed by atoms with Crippen molar-refractivity contribution < 1.29 is 42.0 Å². The van der Waals surface area contributed by atoms with Crippen LogP contribution in [0, 0.1) is 17.0 Å². The van der Waals surface area contributed by atoms with Gasteiger partial charge in [-0.25, -0.2) is 18.6 Å². The summed E-state index contributed by atoms with van der Waals surface area (Å²) in [7, 11) is 1.52. The van der Waals surface area contributed by atoms with Crippen molar-refractivity contribution in [2.45, 2.75) is 102 Å². The van der Waals surface area contributed by atoms with Crippen molar-refractivity contribution in [1.82, 2.24) is 24.8 Å². The highest BCUT2D eigenvalue weighted by Crippen LogP contribution is 2.50. The number of carbonyl (C=O) groups excluding carboxylic acids is 1. The Kier molecular flexibility index (Phi) is 9.10. The summed E-state index contributed by atoms with van der Waals surface area (Å²) in [5.41, 5.74) is -0.0188. The van der Waals surface area contributed by atoms with E-state index in [0.717, 1.165) is 51.8 Å². The van der Waals surface area contributed by atoms with E-state index in [4.69, 9.17) is 43.4 Å². The largest absolute Gasteiger partial charge is 0.475 e. The summed E-state index contributed by atoms with van der Waals surface area (Å²) >= 11 is 0. The average molecular weight is 801 g/mol. The third-order valence-corrected chi connectivity index (χ3v) is 12.9. The van der Waals surface area contributed by atoms with Gasteiger partial charge in [0.15, 0.2) is 12.6 Å². The molecule has 0 radical (unpaired) electrons. The van der Waals surface area contributed by atoms with Gasteiger partial charge >= 0.3 is 12.1 Å². The monoisotopic (exact) mass is 800 g/mol. The third kappa shape index (κ3) is 6.44. The van der Waals surface area contributed by atoms with Crippen molar-refractivity contribution in [3.8, 4) is 28.9 Å². The van der Waals surface area contributed by atoms with Gasteiger partial charge in [0.05, 0.1) is 37.4 Å². The maximum Gasteiger partial charge on any atom is 0.410 e. The number of benzene rings is 2. The molecule has 10 rings (SSSR count). The number of pyridine rings is 1. The first kappa shape index (κ1) is 37.7. The summed E-state index contributed by atoms with van der Waals surface area (Å²) in [6.07, 6.45) is 4.93. The van der Waals surface area contributed by atoms with Crippen LogP contribution in [0.4, 0.5) is 19.4 Å². The quantitative estimate of drug-likeness (QED) is 0.160. The zero-order valence-corrected chi connectivity index (χ0v) is 33.7. The van der Waals surface area contributed by atoms with E-state index in [0.29, 0.717) is 70.6 Å². The van der Waals surface area contributed by atoms with Crippen LogP contribution in [-0.4, -0.2) is 120 Å². The highest BCUT2D eigenvalue weighted by molar-refractivity contribution is 6.03. The standard InChI is InChI=1S/C43H50F2N6O7/c1-6-28-30(44)9-7-23-13-26(57-22-53-5)15-29(33(23)28)36-35(45)37-34-38(48-40(47-37)56-21-43(11-12-43)20-49-17-27-14-25(49)18-54-27)50-16-24-8-10-31(32(50)19-55-39(34)46-36)51(24)41(52)58-42(2,3)4/h7,9,13,15,24-25,27,31-32H,6,8,10-12,14,16-22H2,1-5H3. The molecule has 2 aromatic heterocycles. The van der Waals surface area contributed by atoms with E-state index in [1.54, 1.807) is 18.2 Å². The molecule has 2 aromatic carbocycles. The van der Waals surface area contributed by atoms with Crippen LogP contribution in [0.5, 0.6) is 17.6 Å². The van der Waals surface area contributed by atoms with Gasteiger partial charge in [-0.05, 0) is 93.8 Å². The zero-order chi connectivity index (χ0) is 40.1. The molecule has 5 aliphatic heterocycles. The van der Waals surface area contributed by atoms with Gasteiger partial charge in [-0.2, -0.15) is 9.97 Å². The Morgan fingerprint density at radius 2 is 1.84 bits per heavy atom. The third-order valence-electron chi connectivity index (χ3n) is 12.9. The van der Waals surface area contributed by atoms with Gasteiger partial charge in [-0.1, -0.05) is 13.0 Å². The van der Waals surface area contributed by atoms with Crippen molar-refractivity contribution in [2.24, 2.45) is 5.41 Å². The van der Waals surface area contributed by atoms with Gasteiger partial charge < -0.3 is 33.3 Å². The molecule has 5 fully saturated rings. The topological polar surface area (TPSA) is 121 Å². The number of piperazine rings is 1. The van der Waals surface area contributed by atoms with Crippen LogP contribution in [0.15, 0.2) is 24.3 Å². The van der Waals surface area contributed by atoms with Crippen LogP contribution in [0.1, 0.15) is 65.4 Å². The van der Waals surface area contributed by atoms with Crippen molar-refractivity contribution in [3.63, 3.8) is 0 Å². The number of rotatable bonds is 10. The molecule has 4 aromatic rings. The second-order valence-electron chi connectivity index (χ2n) is 17.9. The number of anilines is 1. The minimum atomic E-state index is -0.713. The molecular formula is C43H50F2N6O7. The van der Waals surface area contributed by atoms with Crippen LogP contribution >= 0.6 is 0 Å². The van der Waals surface area contributed by atoms with Gasteiger partial charge in [-0.15, -0.1) is 0 Å². The van der Waals surface area contributed by atoms with E-state index < -0.39 is 17.2 Å². The van der Waals surface area contributed by atoms with Crippen LogP contribution in [0.3, 0.4) is 0 Å². The average Bonchev–Trinajstić information content (AvgIpc) is 3.49. The van der Waals surface area contributed by atoms with Crippen molar-refractivity contribution in [1.29, 1.82) is 0 Å². The lowest BCUT2D eigenvalue weighted by atomic mass is 9.94. The fourth-order valence-electron chi connectivity index (χ4n) is 9.98. The highest BCUT2D eigenvalue weighted by atomic mass is 19.1. The fourth-order valence-corrected chi connectivity index (χ4v) is 9.98. The summed E-state index contributed by atoms with van der Waals surface area (Å²) in [5, 5.41) is 1.50. The summed E-state index contributed by atoms with van der Waals surface area (Å²) in [6, 6.07) is 6.27. The van der Waals surface area contributed by atoms with Crippen molar-refractivity contribution >= 4 is 33.6 Å². The molecule has 5 unspecified atom stereocenters. The number of morpholine rings is 1. The molecule has 6 aliphatic rings. The number of hydrogen-bond donors (Lipinski definition) is 0. The van der Waals surface area contributed by atoms with Gasteiger partial charge in [0.25, 0.3) is 0 Å². The highest BCUT2D eigenvalue weighted by Gasteiger charge is 2.53. The number of fused-ring (bicyclic) bond motifs is 8. The second kappa shape index (κ2) is 14.0. The molecule has 4 bridgehead atoms. The van der Waals surface area contributed by atoms with Crippen LogP contribution in [0.2, 0.25) is 0 Å². The van der Waals surface area contributed by atoms with Crippen molar-refractivity contribution in [3.05, 3.63) is 41.5 Å². The smallest absolute Gasteiger partial charge is 0.410 e. The number of likely N-dealkylation sites (tertiary alicyclic amines) is 1. The Hall–Kier alpha value is -4.60. The second-order valence-corrected chi connectivity index (χ2v) is 17.9. The lowest BCUT2D eigenvalue weighted by molar-refractivity contribution is 0.00537. The Balaban J connectivity index is 1.09. The number of carbonyl (C=O) groups is 1. The number of halogens is 2. The van der Waals surface area contributed by atoms with Crippen LogP contribution in [-0.2, 0) is 20.6 Å². The Labute approximate surface area is 335 Å². The summed E-state index contributed by atoms with van der Waals surface area (Å²) < 4.78 is 69.0. The van der Waals surface area contributed by atoms with Gasteiger partial charge in [0.1, 0.15) is 46.2 Å².